The molecule has 0 amide bonds. The minimum atomic E-state index is -0.392. The number of esters is 1. The summed E-state index contributed by atoms with van der Waals surface area (Å²) in [6.07, 6.45) is 3.40. The van der Waals surface area contributed by atoms with Gasteiger partial charge in [-0.3, -0.25) is 4.79 Å². The molecule has 1 aromatic carbocycles. The van der Waals surface area contributed by atoms with E-state index in [1.54, 1.807) is 25.3 Å². The van der Waals surface area contributed by atoms with Gasteiger partial charge in [-0.2, -0.15) is 0 Å². The highest BCUT2D eigenvalue weighted by atomic mass is 32.2. The highest BCUT2D eigenvalue weighted by Crippen LogP contribution is 2.28. The van der Waals surface area contributed by atoms with Crippen molar-refractivity contribution in [2.75, 3.05) is 6.61 Å². The molecule has 0 saturated carbocycles. The van der Waals surface area contributed by atoms with Crippen molar-refractivity contribution >= 4 is 17.7 Å². The minimum absolute atomic E-state index is 0.278. The predicted octanol–water partition coefficient (Wildman–Crippen LogP) is 4.30. The zero-order valence-corrected chi connectivity index (χ0v) is 13.4. The molecule has 0 aliphatic carbocycles. The molecule has 0 radical (unpaired) electrons. The third-order valence-corrected chi connectivity index (χ3v) is 3.90. The van der Waals surface area contributed by atoms with E-state index in [1.165, 1.54) is 23.9 Å². The van der Waals surface area contributed by atoms with Crippen molar-refractivity contribution in [3.05, 3.63) is 36.3 Å². The Bertz CT molecular complexity index is 612. The zero-order chi connectivity index (χ0) is 15.9. The van der Waals surface area contributed by atoms with E-state index in [4.69, 9.17) is 9.15 Å². The highest BCUT2D eigenvalue weighted by molar-refractivity contribution is 8.00. The number of rotatable bonds is 7. The number of halogens is 1. The van der Waals surface area contributed by atoms with Crippen molar-refractivity contribution in [3.63, 3.8) is 0 Å². The summed E-state index contributed by atoms with van der Waals surface area (Å²) in [6, 6.07) is 5.95. The number of aromatic nitrogens is 1. The molecule has 2 aromatic rings. The lowest BCUT2D eigenvalue weighted by molar-refractivity contribution is -0.142. The van der Waals surface area contributed by atoms with Gasteiger partial charge in [0.25, 0.3) is 5.22 Å². The molecule has 6 heteroatoms. The van der Waals surface area contributed by atoms with Crippen molar-refractivity contribution in [1.29, 1.82) is 0 Å². The van der Waals surface area contributed by atoms with Gasteiger partial charge in [0, 0.05) is 5.56 Å². The van der Waals surface area contributed by atoms with Crippen LogP contribution in [-0.4, -0.2) is 22.8 Å². The van der Waals surface area contributed by atoms with Gasteiger partial charge in [0.2, 0.25) is 0 Å². The Morgan fingerprint density at radius 1 is 1.41 bits per heavy atom. The van der Waals surface area contributed by atoms with E-state index in [-0.39, 0.29) is 11.8 Å². The molecule has 118 valence electrons. The number of nitrogens with zero attached hydrogens (tertiary/aromatic N) is 1. The van der Waals surface area contributed by atoms with E-state index in [1.807, 2.05) is 6.92 Å². The molecule has 0 saturated heterocycles. The lowest BCUT2D eigenvalue weighted by Gasteiger charge is -2.08. The van der Waals surface area contributed by atoms with E-state index < -0.39 is 5.25 Å². The van der Waals surface area contributed by atoms with Gasteiger partial charge in [0.1, 0.15) is 11.1 Å². The van der Waals surface area contributed by atoms with Crippen LogP contribution in [0.25, 0.3) is 11.3 Å². The number of benzene rings is 1. The molecule has 0 aliphatic rings. The standard InChI is InChI=1S/C16H18FNO3S/c1-3-4-9-20-15(19)11(2)22-16-18-10-14(21-16)12-5-7-13(17)8-6-12/h5-8,10-11H,3-4,9H2,1-2H3. The van der Waals surface area contributed by atoms with Gasteiger partial charge in [0.15, 0.2) is 5.76 Å². The number of hydrogen-bond acceptors (Lipinski definition) is 5. The Kier molecular flexibility index (Phi) is 6.00. The molecule has 4 nitrogen and oxygen atoms in total. The second-order valence-corrected chi connectivity index (χ2v) is 6.07. The number of oxazole rings is 1. The Hall–Kier alpha value is -1.82. The molecule has 22 heavy (non-hydrogen) atoms. The van der Waals surface area contributed by atoms with Crippen LogP contribution in [0.3, 0.4) is 0 Å². The molecule has 1 heterocycles. The van der Waals surface area contributed by atoms with Gasteiger partial charge in [-0.15, -0.1) is 0 Å². The van der Waals surface area contributed by atoms with Crippen molar-refractivity contribution in [2.45, 2.75) is 37.2 Å². The van der Waals surface area contributed by atoms with Crippen LogP contribution in [-0.2, 0) is 9.53 Å². The molecular formula is C16H18FNO3S. The van der Waals surface area contributed by atoms with Gasteiger partial charge in [-0.05, 0) is 37.6 Å². The number of ether oxygens (including phenoxy) is 1. The molecular weight excluding hydrogens is 305 g/mol. The first kappa shape index (κ1) is 16.5. The van der Waals surface area contributed by atoms with E-state index in [2.05, 4.69) is 4.98 Å². The SMILES string of the molecule is CCCCOC(=O)C(C)Sc1ncc(-c2ccc(F)cc2)o1. The van der Waals surface area contributed by atoms with Gasteiger partial charge in [0.05, 0.1) is 12.8 Å². The van der Waals surface area contributed by atoms with Gasteiger partial charge < -0.3 is 9.15 Å². The Labute approximate surface area is 133 Å². The summed E-state index contributed by atoms with van der Waals surface area (Å²) in [6.45, 7) is 4.23. The third kappa shape index (κ3) is 4.59. The highest BCUT2D eigenvalue weighted by Gasteiger charge is 2.19. The minimum Gasteiger partial charge on any atom is -0.465 e. The van der Waals surface area contributed by atoms with Crippen LogP contribution in [0.5, 0.6) is 0 Å². The average Bonchev–Trinajstić information content (AvgIpc) is 2.96. The van der Waals surface area contributed by atoms with E-state index >= 15 is 0 Å². The van der Waals surface area contributed by atoms with Crippen molar-refractivity contribution < 1.29 is 18.3 Å². The normalized spacial score (nSPS) is 12.1. The van der Waals surface area contributed by atoms with E-state index in [0.29, 0.717) is 17.6 Å². The summed E-state index contributed by atoms with van der Waals surface area (Å²) in [5.74, 6) is -0.0460. The second kappa shape index (κ2) is 7.98. The fourth-order valence-corrected chi connectivity index (χ4v) is 2.41. The van der Waals surface area contributed by atoms with Crippen LogP contribution in [0.2, 0.25) is 0 Å². The first-order valence-corrected chi connectivity index (χ1v) is 8.03. The van der Waals surface area contributed by atoms with E-state index in [9.17, 15) is 9.18 Å². The topological polar surface area (TPSA) is 52.3 Å². The maximum atomic E-state index is 12.9. The second-order valence-electron chi connectivity index (χ2n) is 4.78. The zero-order valence-electron chi connectivity index (χ0n) is 12.5. The summed E-state index contributed by atoms with van der Waals surface area (Å²) in [4.78, 5) is 15.9. The quantitative estimate of drug-likeness (QED) is 0.432. The molecule has 2 rings (SSSR count). The third-order valence-electron chi connectivity index (χ3n) is 2.96. The summed E-state index contributed by atoms with van der Waals surface area (Å²) >= 11 is 1.20. The molecule has 1 aromatic heterocycles. The lowest BCUT2D eigenvalue weighted by Crippen LogP contribution is -2.17. The molecule has 0 aliphatic heterocycles. The number of thioether (sulfide) groups is 1. The van der Waals surface area contributed by atoms with Crippen molar-refractivity contribution in [2.24, 2.45) is 0 Å². The average molecular weight is 323 g/mol. The summed E-state index contributed by atoms with van der Waals surface area (Å²) in [7, 11) is 0. The largest absolute Gasteiger partial charge is 0.465 e. The van der Waals surface area contributed by atoms with Crippen LogP contribution in [0.1, 0.15) is 26.7 Å². The maximum absolute atomic E-state index is 12.9. The van der Waals surface area contributed by atoms with E-state index in [0.717, 1.165) is 18.4 Å². The van der Waals surface area contributed by atoms with Crippen LogP contribution >= 0.6 is 11.8 Å². The lowest BCUT2D eigenvalue weighted by atomic mass is 10.2. The Morgan fingerprint density at radius 3 is 2.82 bits per heavy atom. The monoisotopic (exact) mass is 323 g/mol. The summed E-state index contributed by atoms with van der Waals surface area (Å²) < 4.78 is 23.6. The number of carbonyl (C=O) groups is 1. The van der Waals surface area contributed by atoms with Gasteiger partial charge in [-0.1, -0.05) is 25.1 Å². The van der Waals surface area contributed by atoms with Crippen LogP contribution in [0.4, 0.5) is 4.39 Å². The van der Waals surface area contributed by atoms with Crippen LogP contribution in [0, 0.1) is 5.82 Å². The van der Waals surface area contributed by atoms with Gasteiger partial charge in [-0.25, -0.2) is 9.37 Å². The van der Waals surface area contributed by atoms with Crippen molar-refractivity contribution in [3.8, 4) is 11.3 Å². The fraction of sp³-hybridized carbons (Fsp3) is 0.375. The molecule has 0 bridgehead atoms. The Morgan fingerprint density at radius 2 is 2.14 bits per heavy atom. The first-order valence-electron chi connectivity index (χ1n) is 7.15. The first-order chi connectivity index (χ1) is 10.6. The Balaban J connectivity index is 1.94. The number of carbonyl (C=O) groups excluding carboxylic acids is 1. The maximum Gasteiger partial charge on any atom is 0.319 e. The van der Waals surface area contributed by atoms with Crippen molar-refractivity contribution in [1.82, 2.24) is 4.98 Å². The summed E-state index contributed by atoms with van der Waals surface area (Å²) in [5, 5.41) is -0.00385. The molecule has 0 fully saturated rings. The molecule has 1 atom stereocenters. The van der Waals surface area contributed by atoms with Gasteiger partial charge >= 0.3 is 5.97 Å². The number of unbranched alkanes of at least 4 members (excludes halogenated alkanes) is 1. The molecule has 1 unspecified atom stereocenters. The fourth-order valence-electron chi connectivity index (χ4n) is 1.69. The smallest absolute Gasteiger partial charge is 0.319 e. The number of hydrogen-bond donors (Lipinski definition) is 0. The molecule has 0 spiro atoms. The van der Waals surface area contributed by atoms with Crippen LogP contribution in [0.15, 0.2) is 40.1 Å². The molecule has 0 N–H and O–H groups in total. The predicted molar refractivity (Wildman–Crippen MR) is 83.1 cm³/mol. The summed E-state index contributed by atoms with van der Waals surface area (Å²) in [5.41, 5.74) is 0.735. The van der Waals surface area contributed by atoms with Crippen LogP contribution < -0.4 is 0 Å².